The summed E-state index contributed by atoms with van der Waals surface area (Å²) >= 11 is 5.67. The summed E-state index contributed by atoms with van der Waals surface area (Å²) in [6.45, 7) is 0.762. The third-order valence-corrected chi connectivity index (χ3v) is 2.93. The van der Waals surface area contributed by atoms with Crippen LogP contribution >= 0.6 is 11.6 Å². The van der Waals surface area contributed by atoms with E-state index in [1.54, 1.807) is 0 Å². The molecule has 1 amide bonds. The molecule has 0 aliphatic carbocycles. The summed E-state index contributed by atoms with van der Waals surface area (Å²) < 4.78 is 26.2. The van der Waals surface area contributed by atoms with Gasteiger partial charge in [0.2, 0.25) is 5.91 Å². The average molecular weight is 261 g/mol. The molecule has 1 atom stereocenters. The Labute approximate surface area is 102 Å². The molecule has 1 fully saturated rings. The van der Waals surface area contributed by atoms with Gasteiger partial charge in [0.1, 0.15) is 5.82 Å². The normalized spacial score (nSPS) is 19.4. The van der Waals surface area contributed by atoms with Crippen molar-refractivity contribution < 1.29 is 13.6 Å². The van der Waals surface area contributed by atoms with Crippen LogP contribution in [0.3, 0.4) is 0 Å². The number of hydrogen-bond acceptors (Lipinski definition) is 2. The Morgan fingerprint density at radius 3 is 2.82 bits per heavy atom. The Bertz CT molecular complexity index is 424. The summed E-state index contributed by atoms with van der Waals surface area (Å²) in [5, 5.41) is 5.20. The highest BCUT2D eigenvalue weighted by molar-refractivity contribution is 6.33. The van der Waals surface area contributed by atoms with E-state index in [1.165, 1.54) is 0 Å². The second-order valence-electron chi connectivity index (χ2n) is 3.88. The summed E-state index contributed by atoms with van der Waals surface area (Å²) in [7, 11) is 0. The van der Waals surface area contributed by atoms with Crippen LogP contribution in [-0.4, -0.2) is 18.5 Å². The minimum atomic E-state index is -0.874. The van der Waals surface area contributed by atoms with E-state index in [4.69, 9.17) is 11.6 Å². The number of anilines is 1. The van der Waals surface area contributed by atoms with Crippen molar-refractivity contribution in [2.75, 3.05) is 11.9 Å². The van der Waals surface area contributed by atoms with Gasteiger partial charge in [0.15, 0.2) is 5.82 Å². The fourth-order valence-electron chi connectivity index (χ4n) is 1.78. The average Bonchev–Trinajstić information content (AvgIpc) is 2.76. The number of hydrogen-bond donors (Lipinski definition) is 2. The van der Waals surface area contributed by atoms with Crippen molar-refractivity contribution in [2.45, 2.75) is 18.9 Å². The molecular weight excluding hydrogens is 250 g/mol. The monoisotopic (exact) mass is 260 g/mol. The van der Waals surface area contributed by atoms with E-state index in [-0.39, 0.29) is 22.7 Å². The van der Waals surface area contributed by atoms with E-state index in [1.807, 2.05) is 0 Å². The Morgan fingerprint density at radius 1 is 1.47 bits per heavy atom. The largest absolute Gasteiger partial charge is 0.321 e. The van der Waals surface area contributed by atoms with Crippen molar-refractivity contribution in [3.63, 3.8) is 0 Å². The maximum absolute atomic E-state index is 13.4. The zero-order valence-electron chi connectivity index (χ0n) is 8.90. The lowest BCUT2D eigenvalue weighted by Crippen LogP contribution is -2.35. The molecule has 1 aromatic carbocycles. The van der Waals surface area contributed by atoms with Gasteiger partial charge in [0.25, 0.3) is 0 Å². The SMILES string of the molecule is O=C(Nc1c(F)cc(F)cc1Cl)[C@H]1CCCN1. The number of carbonyl (C=O) groups is 1. The molecule has 3 nitrogen and oxygen atoms in total. The highest BCUT2D eigenvalue weighted by atomic mass is 35.5. The number of nitrogens with one attached hydrogen (secondary N) is 2. The maximum Gasteiger partial charge on any atom is 0.241 e. The molecule has 0 aromatic heterocycles. The molecule has 0 spiro atoms. The first kappa shape index (κ1) is 12.3. The van der Waals surface area contributed by atoms with Crippen LogP contribution in [0.4, 0.5) is 14.5 Å². The molecule has 2 rings (SSSR count). The van der Waals surface area contributed by atoms with E-state index >= 15 is 0 Å². The van der Waals surface area contributed by atoms with Crippen LogP contribution < -0.4 is 10.6 Å². The van der Waals surface area contributed by atoms with Gasteiger partial charge in [-0.15, -0.1) is 0 Å². The second-order valence-corrected chi connectivity index (χ2v) is 4.29. The van der Waals surface area contributed by atoms with Crippen molar-refractivity contribution in [1.29, 1.82) is 0 Å². The van der Waals surface area contributed by atoms with Crippen LogP contribution in [0.1, 0.15) is 12.8 Å². The highest BCUT2D eigenvalue weighted by Gasteiger charge is 2.23. The van der Waals surface area contributed by atoms with Crippen LogP contribution in [-0.2, 0) is 4.79 Å². The zero-order valence-corrected chi connectivity index (χ0v) is 9.65. The van der Waals surface area contributed by atoms with E-state index in [0.717, 1.165) is 19.0 Å². The summed E-state index contributed by atoms with van der Waals surface area (Å²) in [5.41, 5.74) is -0.174. The van der Waals surface area contributed by atoms with Gasteiger partial charge in [-0.3, -0.25) is 4.79 Å². The van der Waals surface area contributed by atoms with Crippen LogP contribution in [0.25, 0.3) is 0 Å². The Hall–Kier alpha value is -1.20. The van der Waals surface area contributed by atoms with Crippen molar-refractivity contribution in [3.05, 3.63) is 28.8 Å². The van der Waals surface area contributed by atoms with Crippen molar-refractivity contribution in [2.24, 2.45) is 0 Å². The minimum absolute atomic E-state index is 0.145. The van der Waals surface area contributed by atoms with Crippen molar-refractivity contribution in [1.82, 2.24) is 5.32 Å². The molecule has 0 unspecified atom stereocenters. The molecule has 0 bridgehead atoms. The third-order valence-electron chi connectivity index (χ3n) is 2.63. The predicted molar refractivity (Wildman–Crippen MR) is 61.0 cm³/mol. The van der Waals surface area contributed by atoms with Gasteiger partial charge < -0.3 is 10.6 Å². The lowest BCUT2D eigenvalue weighted by molar-refractivity contribution is -0.117. The van der Waals surface area contributed by atoms with E-state index in [9.17, 15) is 13.6 Å². The van der Waals surface area contributed by atoms with Crippen LogP contribution in [0.15, 0.2) is 12.1 Å². The first-order chi connectivity index (χ1) is 8.08. The molecule has 0 radical (unpaired) electrons. The highest BCUT2D eigenvalue weighted by Crippen LogP contribution is 2.26. The summed E-state index contributed by atoms with van der Waals surface area (Å²) in [5.74, 6) is -2.00. The topological polar surface area (TPSA) is 41.1 Å². The Kier molecular flexibility index (Phi) is 3.59. The van der Waals surface area contributed by atoms with Gasteiger partial charge in [-0.25, -0.2) is 8.78 Å². The maximum atomic E-state index is 13.4. The molecule has 1 saturated heterocycles. The number of halogens is 3. The molecule has 0 saturated carbocycles. The number of amides is 1. The standard InChI is InChI=1S/C11H11ClF2N2O/c12-7-4-6(13)5-8(14)10(7)16-11(17)9-2-1-3-15-9/h4-5,9,15H,1-3H2,(H,16,17)/t9-/m1/s1. The smallest absolute Gasteiger partial charge is 0.241 e. The van der Waals surface area contributed by atoms with Crippen LogP contribution in [0.5, 0.6) is 0 Å². The van der Waals surface area contributed by atoms with Crippen LogP contribution in [0.2, 0.25) is 5.02 Å². The molecular formula is C11H11ClF2N2O. The first-order valence-electron chi connectivity index (χ1n) is 5.26. The minimum Gasteiger partial charge on any atom is -0.321 e. The second kappa shape index (κ2) is 4.98. The number of rotatable bonds is 2. The van der Waals surface area contributed by atoms with Gasteiger partial charge in [-0.2, -0.15) is 0 Å². The number of benzene rings is 1. The fourth-order valence-corrected chi connectivity index (χ4v) is 2.02. The molecule has 1 heterocycles. The lowest BCUT2D eigenvalue weighted by atomic mass is 10.2. The quantitative estimate of drug-likeness (QED) is 0.857. The van der Waals surface area contributed by atoms with Gasteiger partial charge in [0, 0.05) is 6.07 Å². The molecule has 1 aliphatic heterocycles. The molecule has 1 aromatic rings. The predicted octanol–water partition coefficient (Wildman–Crippen LogP) is 2.31. The van der Waals surface area contributed by atoms with E-state index in [2.05, 4.69) is 10.6 Å². The van der Waals surface area contributed by atoms with E-state index in [0.29, 0.717) is 12.5 Å². The van der Waals surface area contributed by atoms with Gasteiger partial charge in [0.05, 0.1) is 16.8 Å². The summed E-state index contributed by atoms with van der Waals surface area (Å²) in [6.07, 6.45) is 1.60. The molecule has 6 heteroatoms. The Balaban J connectivity index is 2.15. The van der Waals surface area contributed by atoms with Crippen LogP contribution in [0, 0.1) is 11.6 Å². The van der Waals surface area contributed by atoms with Gasteiger partial charge in [-0.05, 0) is 25.5 Å². The Morgan fingerprint density at radius 2 is 2.24 bits per heavy atom. The number of carbonyl (C=O) groups excluding carboxylic acids is 1. The van der Waals surface area contributed by atoms with Gasteiger partial charge in [-0.1, -0.05) is 11.6 Å². The third kappa shape index (κ3) is 2.73. The molecule has 2 N–H and O–H groups in total. The zero-order chi connectivity index (χ0) is 12.4. The molecule has 1 aliphatic rings. The fraction of sp³-hybridized carbons (Fsp3) is 0.364. The van der Waals surface area contributed by atoms with Gasteiger partial charge >= 0.3 is 0 Å². The van der Waals surface area contributed by atoms with Crippen molar-refractivity contribution >= 4 is 23.2 Å². The van der Waals surface area contributed by atoms with Crippen molar-refractivity contribution in [3.8, 4) is 0 Å². The first-order valence-corrected chi connectivity index (χ1v) is 5.64. The summed E-state index contributed by atoms with van der Waals surface area (Å²) in [6, 6.07) is 1.31. The molecule has 17 heavy (non-hydrogen) atoms. The summed E-state index contributed by atoms with van der Waals surface area (Å²) in [4.78, 5) is 11.7. The lowest BCUT2D eigenvalue weighted by Gasteiger charge is -2.12. The van der Waals surface area contributed by atoms with E-state index < -0.39 is 11.6 Å². The molecule has 92 valence electrons.